The number of carbonyl (C=O) groups is 1. The molecule has 0 fully saturated rings. The van der Waals surface area contributed by atoms with Crippen LogP contribution in [0.4, 0.5) is 0 Å². The zero-order valence-corrected chi connectivity index (χ0v) is 13.4. The molecule has 1 N–H and O–H groups in total. The summed E-state index contributed by atoms with van der Waals surface area (Å²) in [5.74, 6) is -0.109. The van der Waals surface area contributed by atoms with Crippen molar-refractivity contribution in [3.05, 3.63) is 64.7 Å². The second kappa shape index (κ2) is 7.32. The van der Waals surface area contributed by atoms with Gasteiger partial charge in [0.1, 0.15) is 5.75 Å². The molecule has 0 amide bonds. The molecule has 0 aliphatic rings. The van der Waals surface area contributed by atoms with Gasteiger partial charge in [-0.05, 0) is 35.2 Å². The highest BCUT2D eigenvalue weighted by atomic mass is 35.5. The van der Waals surface area contributed by atoms with Gasteiger partial charge < -0.3 is 9.84 Å². The first kappa shape index (κ1) is 16.4. The summed E-state index contributed by atoms with van der Waals surface area (Å²) in [6, 6.07) is 14.7. The minimum atomic E-state index is -0.987. The van der Waals surface area contributed by atoms with Crippen LogP contribution in [0.5, 0.6) is 5.75 Å². The standard InChI is InChI=1S/C18H19ClO3/c1-12(2)15-8-3-4-9-16(15)22-17(18(20)21)11-13-6-5-7-14(19)10-13/h3-10,12,17H,11H2,1-2H3,(H,20,21)/t17-/m0/s1. The average Bonchev–Trinajstić information content (AvgIpc) is 2.47. The van der Waals surface area contributed by atoms with Crippen molar-refractivity contribution in [3.63, 3.8) is 0 Å². The van der Waals surface area contributed by atoms with Crippen molar-refractivity contribution in [2.75, 3.05) is 0 Å². The number of aliphatic carboxylic acids is 1. The first-order valence-corrected chi connectivity index (χ1v) is 7.58. The van der Waals surface area contributed by atoms with E-state index in [1.807, 2.05) is 30.3 Å². The zero-order chi connectivity index (χ0) is 16.1. The number of hydrogen-bond acceptors (Lipinski definition) is 2. The van der Waals surface area contributed by atoms with Crippen molar-refractivity contribution in [2.24, 2.45) is 0 Å². The molecule has 4 heteroatoms. The third-order valence-corrected chi connectivity index (χ3v) is 3.63. The summed E-state index contributed by atoms with van der Waals surface area (Å²) in [7, 11) is 0. The fraction of sp³-hybridized carbons (Fsp3) is 0.278. The molecule has 0 saturated heterocycles. The number of hydrogen-bond donors (Lipinski definition) is 1. The van der Waals surface area contributed by atoms with Crippen molar-refractivity contribution in [2.45, 2.75) is 32.3 Å². The van der Waals surface area contributed by atoms with Crippen LogP contribution in [-0.2, 0) is 11.2 Å². The Bertz CT molecular complexity index is 652. The predicted octanol–water partition coefficient (Wildman–Crippen LogP) is 4.54. The van der Waals surface area contributed by atoms with Crippen LogP contribution in [0.1, 0.15) is 30.9 Å². The van der Waals surface area contributed by atoms with Crippen LogP contribution in [0.15, 0.2) is 48.5 Å². The summed E-state index contributed by atoms with van der Waals surface area (Å²) >= 11 is 5.95. The molecular weight excluding hydrogens is 300 g/mol. The van der Waals surface area contributed by atoms with Crippen molar-refractivity contribution in [3.8, 4) is 5.75 Å². The van der Waals surface area contributed by atoms with E-state index in [1.165, 1.54) is 0 Å². The topological polar surface area (TPSA) is 46.5 Å². The molecular formula is C18H19ClO3. The predicted molar refractivity (Wildman–Crippen MR) is 87.7 cm³/mol. The van der Waals surface area contributed by atoms with Gasteiger partial charge in [-0.15, -0.1) is 0 Å². The molecule has 0 radical (unpaired) electrons. The normalized spacial score (nSPS) is 12.2. The Labute approximate surface area is 135 Å². The first-order chi connectivity index (χ1) is 10.5. The molecule has 22 heavy (non-hydrogen) atoms. The van der Waals surface area contributed by atoms with Crippen LogP contribution in [0.2, 0.25) is 5.02 Å². The third kappa shape index (κ3) is 4.25. The number of carboxylic acid groups (broad SMARTS) is 1. The van der Waals surface area contributed by atoms with Gasteiger partial charge in [-0.3, -0.25) is 0 Å². The van der Waals surface area contributed by atoms with Crippen LogP contribution in [-0.4, -0.2) is 17.2 Å². The molecule has 0 heterocycles. The lowest BCUT2D eigenvalue weighted by atomic mass is 10.0. The smallest absolute Gasteiger partial charge is 0.345 e. The number of rotatable bonds is 6. The van der Waals surface area contributed by atoms with E-state index in [0.29, 0.717) is 10.8 Å². The molecule has 2 aromatic rings. The molecule has 2 aromatic carbocycles. The zero-order valence-electron chi connectivity index (χ0n) is 12.6. The van der Waals surface area contributed by atoms with E-state index < -0.39 is 12.1 Å². The van der Waals surface area contributed by atoms with E-state index >= 15 is 0 Å². The number of carboxylic acids is 1. The fourth-order valence-corrected chi connectivity index (χ4v) is 2.49. The largest absolute Gasteiger partial charge is 0.478 e. The molecule has 0 bridgehead atoms. The van der Waals surface area contributed by atoms with E-state index in [4.69, 9.17) is 16.3 Å². The van der Waals surface area contributed by atoms with E-state index in [2.05, 4.69) is 13.8 Å². The van der Waals surface area contributed by atoms with Crippen LogP contribution < -0.4 is 4.74 Å². The van der Waals surface area contributed by atoms with Gasteiger partial charge in [0.2, 0.25) is 0 Å². The maximum absolute atomic E-state index is 11.5. The van der Waals surface area contributed by atoms with Crippen LogP contribution in [0, 0.1) is 0 Å². The van der Waals surface area contributed by atoms with Crippen molar-refractivity contribution in [1.82, 2.24) is 0 Å². The SMILES string of the molecule is CC(C)c1ccccc1O[C@@H](Cc1cccc(Cl)c1)C(=O)O. The molecule has 3 nitrogen and oxygen atoms in total. The highest BCUT2D eigenvalue weighted by Gasteiger charge is 2.22. The number of halogens is 1. The molecule has 0 saturated carbocycles. The molecule has 1 atom stereocenters. The van der Waals surface area contributed by atoms with E-state index in [-0.39, 0.29) is 12.3 Å². The quantitative estimate of drug-likeness (QED) is 0.850. The molecule has 2 rings (SSSR count). The van der Waals surface area contributed by atoms with Gasteiger partial charge in [-0.2, -0.15) is 0 Å². The fourth-order valence-electron chi connectivity index (χ4n) is 2.28. The Morgan fingerprint density at radius 1 is 1.18 bits per heavy atom. The molecule has 0 aliphatic carbocycles. The first-order valence-electron chi connectivity index (χ1n) is 7.20. The Morgan fingerprint density at radius 3 is 2.55 bits per heavy atom. The maximum Gasteiger partial charge on any atom is 0.345 e. The monoisotopic (exact) mass is 318 g/mol. The van der Waals surface area contributed by atoms with Crippen molar-refractivity contribution in [1.29, 1.82) is 0 Å². The average molecular weight is 319 g/mol. The molecule has 116 valence electrons. The molecule has 0 aliphatic heterocycles. The Balaban J connectivity index is 2.21. The third-order valence-electron chi connectivity index (χ3n) is 3.40. The van der Waals surface area contributed by atoms with Crippen LogP contribution >= 0.6 is 11.6 Å². The summed E-state index contributed by atoms with van der Waals surface area (Å²) < 4.78 is 5.77. The van der Waals surface area contributed by atoms with E-state index in [1.54, 1.807) is 18.2 Å². The number of benzene rings is 2. The van der Waals surface area contributed by atoms with Gasteiger partial charge >= 0.3 is 5.97 Å². The van der Waals surface area contributed by atoms with E-state index in [0.717, 1.165) is 11.1 Å². The van der Waals surface area contributed by atoms with Gasteiger partial charge in [-0.1, -0.05) is 55.8 Å². The molecule has 0 aromatic heterocycles. The van der Waals surface area contributed by atoms with Gasteiger partial charge in [-0.25, -0.2) is 4.79 Å². The van der Waals surface area contributed by atoms with Crippen molar-refractivity contribution < 1.29 is 14.6 Å². The van der Waals surface area contributed by atoms with Gasteiger partial charge in [0.25, 0.3) is 0 Å². The summed E-state index contributed by atoms with van der Waals surface area (Å²) in [5.41, 5.74) is 1.83. The van der Waals surface area contributed by atoms with Crippen LogP contribution in [0.25, 0.3) is 0 Å². The second-order valence-electron chi connectivity index (χ2n) is 5.47. The second-order valence-corrected chi connectivity index (χ2v) is 5.91. The van der Waals surface area contributed by atoms with E-state index in [9.17, 15) is 9.90 Å². The minimum absolute atomic E-state index is 0.261. The summed E-state index contributed by atoms with van der Waals surface area (Å²) in [6.45, 7) is 4.10. The lowest BCUT2D eigenvalue weighted by Crippen LogP contribution is -2.29. The highest BCUT2D eigenvalue weighted by molar-refractivity contribution is 6.30. The van der Waals surface area contributed by atoms with Crippen LogP contribution in [0.3, 0.4) is 0 Å². The van der Waals surface area contributed by atoms with Gasteiger partial charge in [0, 0.05) is 11.4 Å². The Kier molecular flexibility index (Phi) is 5.45. The van der Waals surface area contributed by atoms with Gasteiger partial charge in [0.05, 0.1) is 0 Å². The maximum atomic E-state index is 11.5. The Morgan fingerprint density at radius 2 is 1.91 bits per heavy atom. The lowest BCUT2D eigenvalue weighted by molar-refractivity contribution is -0.145. The molecule has 0 spiro atoms. The summed E-state index contributed by atoms with van der Waals surface area (Å²) in [4.78, 5) is 11.5. The number of para-hydroxylation sites is 1. The molecule has 0 unspecified atom stereocenters. The summed E-state index contributed by atoms with van der Waals surface area (Å²) in [5, 5.41) is 10.0. The minimum Gasteiger partial charge on any atom is -0.478 e. The number of ether oxygens (including phenoxy) is 1. The van der Waals surface area contributed by atoms with Crippen molar-refractivity contribution >= 4 is 17.6 Å². The summed E-state index contributed by atoms with van der Waals surface area (Å²) in [6.07, 6.45) is -0.680. The lowest BCUT2D eigenvalue weighted by Gasteiger charge is -2.19. The Hall–Kier alpha value is -2.00. The van der Waals surface area contributed by atoms with Gasteiger partial charge in [0.15, 0.2) is 6.10 Å². The highest BCUT2D eigenvalue weighted by Crippen LogP contribution is 2.27.